The van der Waals surface area contributed by atoms with Gasteiger partial charge in [-0.3, -0.25) is 9.48 Å². The lowest BCUT2D eigenvalue weighted by Crippen LogP contribution is -2.25. The van der Waals surface area contributed by atoms with E-state index in [1.807, 2.05) is 28.9 Å². The molecule has 1 aliphatic carbocycles. The van der Waals surface area contributed by atoms with Gasteiger partial charge in [0.25, 0.3) is 5.91 Å². The van der Waals surface area contributed by atoms with E-state index in [1.165, 1.54) is 10.6 Å². The van der Waals surface area contributed by atoms with Crippen LogP contribution in [0.15, 0.2) is 34.1 Å². The molecule has 3 N–H and O–H groups in total. The fraction of sp³-hybridized carbons (Fsp3) is 0.474. The molecule has 0 unspecified atom stereocenters. The van der Waals surface area contributed by atoms with Gasteiger partial charge in [-0.2, -0.15) is 5.10 Å². The van der Waals surface area contributed by atoms with Crippen molar-refractivity contribution in [2.45, 2.75) is 61.9 Å². The first-order valence-corrected chi connectivity index (χ1v) is 9.85. The molecule has 2 aromatic rings. The van der Waals surface area contributed by atoms with Gasteiger partial charge in [0.1, 0.15) is 0 Å². The molecule has 1 aromatic carbocycles. The second-order valence-corrected chi connectivity index (χ2v) is 7.40. The summed E-state index contributed by atoms with van der Waals surface area (Å²) in [5, 5.41) is 7.74. The Bertz CT molecular complexity index is 735. The molecule has 1 saturated carbocycles. The number of nitrogens with one attached hydrogen (secondary N) is 1. The Morgan fingerprint density at radius 3 is 2.56 bits per heavy atom. The highest BCUT2D eigenvalue weighted by Crippen LogP contribution is 2.34. The van der Waals surface area contributed by atoms with Gasteiger partial charge in [-0.1, -0.05) is 25.6 Å². The van der Waals surface area contributed by atoms with Gasteiger partial charge in [0.05, 0.1) is 22.8 Å². The highest BCUT2D eigenvalue weighted by Gasteiger charge is 2.23. The van der Waals surface area contributed by atoms with E-state index >= 15 is 0 Å². The highest BCUT2D eigenvalue weighted by molar-refractivity contribution is 7.99. The topological polar surface area (TPSA) is 72.9 Å². The van der Waals surface area contributed by atoms with E-state index in [9.17, 15) is 4.79 Å². The third-order valence-corrected chi connectivity index (χ3v) is 5.52. The van der Waals surface area contributed by atoms with Crippen LogP contribution >= 0.6 is 11.8 Å². The number of hydrogen-bond acceptors (Lipinski definition) is 4. The van der Waals surface area contributed by atoms with E-state index in [2.05, 4.69) is 19.2 Å². The number of hydrogen-bond donors (Lipinski definition) is 2. The predicted octanol–water partition coefficient (Wildman–Crippen LogP) is 3.01. The first-order valence-electron chi connectivity index (χ1n) is 9.03. The van der Waals surface area contributed by atoms with Crippen molar-refractivity contribution in [3.63, 3.8) is 0 Å². The van der Waals surface area contributed by atoms with E-state index in [-0.39, 0.29) is 5.91 Å². The minimum Gasteiger partial charge on any atom is -0.349 e. The van der Waals surface area contributed by atoms with Crippen LogP contribution in [0.4, 0.5) is 0 Å². The normalized spacial score (nSPS) is 13.9. The average Bonchev–Trinajstić information content (AvgIpc) is 3.37. The quantitative estimate of drug-likeness (QED) is 0.761. The zero-order valence-corrected chi connectivity index (χ0v) is 15.7. The molecule has 0 saturated heterocycles. The van der Waals surface area contributed by atoms with Crippen molar-refractivity contribution in [2.24, 2.45) is 5.73 Å². The Labute approximate surface area is 153 Å². The summed E-state index contributed by atoms with van der Waals surface area (Å²) in [6.07, 6.45) is 4.03. The van der Waals surface area contributed by atoms with Crippen molar-refractivity contribution in [3.8, 4) is 0 Å². The molecule has 25 heavy (non-hydrogen) atoms. The molecule has 1 amide bonds. The summed E-state index contributed by atoms with van der Waals surface area (Å²) in [5.74, 6) is 0.0262. The van der Waals surface area contributed by atoms with Crippen LogP contribution in [0.1, 0.15) is 48.4 Å². The number of nitrogens with zero attached hydrogens (tertiary/aromatic N) is 2. The van der Waals surface area contributed by atoms with E-state index in [0.29, 0.717) is 12.6 Å². The Morgan fingerprint density at radius 2 is 2.00 bits per heavy atom. The number of rotatable bonds is 8. The summed E-state index contributed by atoms with van der Waals surface area (Å²) >= 11 is 1.73. The summed E-state index contributed by atoms with van der Waals surface area (Å²) in [7, 11) is 0. The monoisotopic (exact) mass is 358 g/mol. The van der Waals surface area contributed by atoms with Crippen molar-refractivity contribution < 1.29 is 4.79 Å². The molecule has 6 heteroatoms. The molecule has 1 aliphatic rings. The molecular weight excluding hydrogens is 332 g/mol. The van der Waals surface area contributed by atoms with Crippen molar-refractivity contribution in [1.82, 2.24) is 15.1 Å². The van der Waals surface area contributed by atoms with Gasteiger partial charge in [-0.15, -0.1) is 0 Å². The van der Waals surface area contributed by atoms with Crippen LogP contribution < -0.4 is 11.1 Å². The van der Waals surface area contributed by atoms with Crippen LogP contribution in [-0.4, -0.2) is 28.3 Å². The van der Waals surface area contributed by atoms with Crippen LogP contribution in [0, 0.1) is 0 Å². The number of amides is 1. The summed E-state index contributed by atoms with van der Waals surface area (Å²) < 4.78 is 2.04. The fourth-order valence-electron chi connectivity index (χ4n) is 2.82. The number of aryl methyl sites for hydroxylation is 1. The first kappa shape index (κ1) is 18.0. The largest absolute Gasteiger partial charge is 0.349 e. The van der Waals surface area contributed by atoms with E-state index in [4.69, 9.17) is 10.8 Å². The molecule has 0 radical (unpaired) electrons. The maximum Gasteiger partial charge on any atom is 0.251 e. The highest BCUT2D eigenvalue weighted by atomic mass is 32.2. The average molecular weight is 359 g/mol. The Kier molecular flexibility index (Phi) is 5.81. The maximum atomic E-state index is 12.1. The maximum absolute atomic E-state index is 12.1. The predicted molar refractivity (Wildman–Crippen MR) is 101 cm³/mol. The van der Waals surface area contributed by atoms with Gasteiger partial charge in [0.2, 0.25) is 0 Å². The molecule has 3 rings (SSSR count). The minimum absolute atomic E-state index is 0.0262. The van der Waals surface area contributed by atoms with E-state index in [0.717, 1.165) is 48.4 Å². The zero-order valence-electron chi connectivity index (χ0n) is 14.9. The van der Waals surface area contributed by atoms with Gasteiger partial charge in [0, 0.05) is 23.0 Å². The summed E-state index contributed by atoms with van der Waals surface area (Å²) in [6.45, 7) is 5.62. The lowest BCUT2D eigenvalue weighted by Gasteiger charge is -2.08. The van der Waals surface area contributed by atoms with Gasteiger partial charge in [-0.05, 0) is 49.9 Å². The first-order chi connectivity index (χ1) is 12.2. The molecular formula is C19H26N4OS. The van der Waals surface area contributed by atoms with Gasteiger partial charge >= 0.3 is 0 Å². The molecule has 0 spiro atoms. The Hall–Kier alpha value is -1.79. The van der Waals surface area contributed by atoms with Crippen LogP contribution in [0.3, 0.4) is 0 Å². The Morgan fingerprint density at radius 1 is 1.28 bits per heavy atom. The van der Waals surface area contributed by atoms with Crippen LogP contribution in [0.25, 0.3) is 0 Å². The SMILES string of the molecule is CCc1nn(CCN)c(CC)c1Sc1ccc(C(=O)NC2CC2)cc1. The van der Waals surface area contributed by atoms with Crippen molar-refractivity contribution in [2.75, 3.05) is 6.54 Å². The molecule has 1 fully saturated rings. The third kappa shape index (κ3) is 4.25. The molecule has 0 bridgehead atoms. The van der Waals surface area contributed by atoms with Crippen LogP contribution in [-0.2, 0) is 19.4 Å². The lowest BCUT2D eigenvalue weighted by molar-refractivity contribution is 0.0951. The van der Waals surface area contributed by atoms with Crippen molar-refractivity contribution in [1.29, 1.82) is 0 Å². The smallest absolute Gasteiger partial charge is 0.251 e. The fourth-order valence-corrected chi connectivity index (χ4v) is 4.00. The van der Waals surface area contributed by atoms with Crippen LogP contribution in [0.2, 0.25) is 0 Å². The summed E-state index contributed by atoms with van der Waals surface area (Å²) in [4.78, 5) is 14.5. The Balaban J connectivity index is 1.78. The van der Waals surface area contributed by atoms with Gasteiger partial charge in [0.15, 0.2) is 0 Å². The molecule has 134 valence electrons. The molecule has 0 atom stereocenters. The number of benzene rings is 1. The summed E-state index contributed by atoms with van der Waals surface area (Å²) in [6, 6.07) is 8.23. The van der Waals surface area contributed by atoms with Crippen molar-refractivity contribution in [3.05, 3.63) is 41.2 Å². The van der Waals surface area contributed by atoms with E-state index in [1.54, 1.807) is 11.8 Å². The molecule has 5 nitrogen and oxygen atoms in total. The molecule has 0 aliphatic heterocycles. The second-order valence-electron chi connectivity index (χ2n) is 6.32. The van der Waals surface area contributed by atoms with E-state index < -0.39 is 0 Å². The number of carbonyl (C=O) groups is 1. The van der Waals surface area contributed by atoms with Gasteiger partial charge in [-0.25, -0.2) is 0 Å². The number of nitrogens with two attached hydrogens (primary N) is 1. The standard InChI is InChI=1S/C19H26N4OS/c1-3-16-18(17(4-2)23(22-16)12-11-20)25-15-9-5-13(6-10-15)19(24)21-14-7-8-14/h5-6,9-10,14H,3-4,7-8,11-12,20H2,1-2H3,(H,21,24). The van der Waals surface area contributed by atoms with Gasteiger partial charge < -0.3 is 11.1 Å². The lowest BCUT2D eigenvalue weighted by atomic mass is 10.2. The van der Waals surface area contributed by atoms with Crippen LogP contribution in [0.5, 0.6) is 0 Å². The third-order valence-electron chi connectivity index (χ3n) is 4.34. The second kappa shape index (κ2) is 8.06. The molecule has 1 heterocycles. The molecule has 1 aromatic heterocycles. The van der Waals surface area contributed by atoms with Crippen molar-refractivity contribution >= 4 is 17.7 Å². The summed E-state index contributed by atoms with van der Waals surface area (Å²) in [5.41, 5.74) is 8.79. The number of carbonyl (C=O) groups excluding carboxylic acids is 1. The number of aromatic nitrogens is 2. The minimum atomic E-state index is 0.0262. The zero-order chi connectivity index (χ0) is 17.8.